The molecule has 7 nitrogen and oxygen atoms in total. The van der Waals surface area contributed by atoms with Crippen molar-refractivity contribution in [2.24, 2.45) is 7.05 Å². The van der Waals surface area contributed by atoms with Crippen LogP contribution in [0.2, 0.25) is 0 Å². The Balaban J connectivity index is 1.52. The molecule has 0 spiro atoms. The van der Waals surface area contributed by atoms with Crippen LogP contribution in [0, 0.1) is 13.8 Å². The Morgan fingerprint density at radius 2 is 2.11 bits per heavy atom. The maximum Gasteiger partial charge on any atom is 0.163 e. The van der Waals surface area contributed by atoms with Crippen LogP contribution in [-0.2, 0) is 13.6 Å². The molecule has 27 heavy (non-hydrogen) atoms. The predicted octanol–water partition coefficient (Wildman–Crippen LogP) is 2.76. The topological polar surface area (TPSA) is 79.1 Å². The van der Waals surface area contributed by atoms with Gasteiger partial charge in [-0.25, -0.2) is 9.97 Å². The second kappa shape index (κ2) is 7.15. The molecule has 1 saturated heterocycles. The molecule has 1 atom stereocenters. The minimum absolute atomic E-state index is 0.324. The van der Waals surface area contributed by atoms with Gasteiger partial charge in [-0.3, -0.25) is 9.58 Å². The lowest BCUT2D eigenvalue weighted by Gasteiger charge is -2.33. The van der Waals surface area contributed by atoms with E-state index in [-0.39, 0.29) is 0 Å². The molecular weight excluding hydrogens is 340 g/mol. The quantitative estimate of drug-likeness (QED) is 0.739. The number of anilines is 1. The number of nitrogens with zero attached hydrogens (tertiary/aromatic N) is 5. The highest BCUT2D eigenvalue weighted by atomic mass is 16.3. The smallest absolute Gasteiger partial charge is 0.163 e. The molecule has 1 unspecified atom stereocenters. The zero-order valence-electron chi connectivity index (χ0n) is 16.1. The summed E-state index contributed by atoms with van der Waals surface area (Å²) in [5, 5.41) is 18.9. The zero-order valence-corrected chi connectivity index (χ0v) is 16.1. The molecule has 3 heterocycles. The lowest BCUT2D eigenvalue weighted by molar-refractivity contribution is 0.208. The Bertz CT molecular complexity index is 967. The molecule has 0 aliphatic carbocycles. The summed E-state index contributed by atoms with van der Waals surface area (Å²) in [6.45, 7) is 6.78. The van der Waals surface area contributed by atoms with Crippen LogP contribution in [0.15, 0.2) is 24.3 Å². The summed E-state index contributed by atoms with van der Waals surface area (Å²) in [6.07, 6.45) is 2.25. The van der Waals surface area contributed by atoms with Gasteiger partial charge in [0.05, 0.1) is 11.1 Å². The van der Waals surface area contributed by atoms with Crippen LogP contribution in [0.1, 0.15) is 29.9 Å². The Kier molecular flexibility index (Phi) is 4.70. The number of fused-ring (bicyclic) bond motifs is 1. The third-order valence-corrected chi connectivity index (χ3v) is 5.13. The van der Waals surface area contributed by atoms with Gasteiger partial charge in [-0.15, -0.1) is 0 Å². The number of phenolic OH excluding ortho intramolecular Hbond substituents is 1. The monoisotopic (exact) mass is 366 g/mol. The Hall–Kier alpha value is -2.67. The summed E-state index contributed by atoms with van der Waals surface area (Å²) in [5.41, 5.74) is 2.95. The van der Waals surface area contributed by atoms with Gasteiger partial charge in [0.15, 0.2) is 5.65 Å². The van der Waals surface area contributed by atoms with Crippen LogP contribution in [0.5, 0.6) is 5.75 Å². The van der Waals surface area contributed by atoms with E-state index in [0.29, 0.717) is 11.8 Å². The Morgan fingerprint density at radius 1 is 1.26 bits per heavy atom. The second-order valence-corrected chi connectivity index (χ2v) is 7.42. The maximum absolute atomic E-state index is 9.69. The van der Waals surface area contributed by atoms with Crippen LogP contribution in [0.25, 0.3) is 11.0 Å². The number of aromatic hydroxyl groups is 1. The van der Waals surface area contributed by atoms with Gasteiger partial charge in [-0.2, -0.15) is 5.10 Å². The number of aromatic nitrogens is 4. The summed E-state index contributed by atoms with van der Waals surface area (Å²) in [6, 6.07) is 7.84. The van der Waals surface area contributed by atoms with Gasteiger partial charge in [-0.05, 0) is 50.9 Å². The number of hydrogen-bond acceptors (Lipinski definition) is 6. The molecule has 7 heteroatoms. The lowest BCUT2D eigenvalue weighted by Crippen LogP contribution is -2.41. The van der Waals surface area contributed by atoms with E-state index in [9.17, 15) is 5.11 Å². The number of benzene rings is 1. The molecule has 0 saturated carbocycles. The first-order valence-corrected chi connectivity index (χ1v) is 9.44. The molecule has 4 rings (SSSR count). The van der Waals surface area contributed by atoms with Crippen LogP contribution in [0.3, 0.4) is 0 Å². The number of nitrogens with one attached hydrogen (secondary N) is 1. The van der Waals surface area contributed by atoms with E-state index in [2.05, 4.69) is 31.3 Å². The normalized spacial score (nSPS) is 18.1. The van der Waals surface area contributed by atoms with Gasteiger partial charge in [0.1, 0.15) is 17.4 Å². The van der Waals surface area contributed by atoms with Gasteiger partial charge in [0, 0.05) is 26.2 Å². The fraction of sp³-hybridized carbons (Fsp3) is 0.450. The fourth-order valence-electron chi connectivity index (χ4n) is 3.98. The molecule has 2 N–H and O–H groups in total. The number of likely N-dealkylation sites (tertiary alicyclic amines) is 1. The van der Waals surface area contributed by atoms with Crippen molar-refractivity contribution < 1.29 is 5.11 Å². The highest BCUT2D eigenvalue weighted by Gasteiger charge is 2.22. The predicted molar refractivity (Wildman–Crippen MR) is 106 cm³/mol. The first-order chi connectivity index (χ1) is 13.0. The van der Waals surface area contributed by atoms with Crippen LogP contribution >= 0.6 is 0 Å². The SMILES string of the molecule is Cc1nc(NC2CCCN(Cc3cccc(O)c3)C2)c2c(C)nn(C)c2n1. The fourth-order valence-corrected chi connectivity index (χ4v) is 3.98. The second-order valence-electron chi connectivity index (χ2n) is 7.42. The molecule has 1 aliphatic rings. The zero-order chi connectivity index (χ0) is 19.0. The first-order valence-electron chi connectivity index (χ1n) is 9.44. The summed E-state index contributed by atoms with van der Waals surface area (Å²) in [5.74, 6) is 1.96. The van der Waals surface area contributed by atoms with E-state index in [1.54, 1.807) is 6.07 Å². The Morgan fingerprint density at radius 3 is 2.93 bits per heavy atom. The van der Waals surface area contributed by atoms with E-state index >= 15 is 0 Å². The number of phenols is 1. The average molecular weight is 366 g/mol. The molecule has 1 aromatic carbocycles. The van der Waals surface area contributed by atoms with Gasteiger partial charge in [0.25, 0.3) is 0 Å². The van der Waals surface area contributed by atoms with Crippen LogP contribution in [-0.4, -0.2) is 48.9 Å². The van der Waals surface area contributed by atoms with Gasteiger partial charge in [-0.1, -0.05) is 12.1 Å². The largest absolute Gasteiger partial charge is 0.508 e. The molecular formula is C20H26N6O. The van der Waals surface area contributed by atoms with E-state index in [0.717, 1.165) is 66.4 Å². The van der Waals surface area contributed by atoms with E-state index in [4.69, 9.17) is 0 Å². The first kappa shape index (κ1) is 17.7. The van der Waals surface area contributed by atoms with E-state index < -0.39 is 0 Å². The summed E-state index contributed by atoms with van der Waals surface area (Å²) in [7, 11) is 1.92. The highest BCUT2D eigenvalue weighted by molar-refractivity contribution is 5.89. The van der Waals surface area contributed by atoms with Crippen molar-refractivity contribution in [2.75, 3.05) is 18.4 Å². The number of aryl methyl sites for hydroxylation is 3. The average Bonchev–Trinajstić information content (AvgIpc) is 2.89. The van der Waals surface area contributed by atoms with Crippen molar-refractivity contribution in [3.05, 3.63) is 41.3 Å². The van der Waals surface area contributed by atoms with E-state index in [1.807, 2.05) is 37.7 Å². The maximum atomic E-state index is 9.69. The molecule has 0 amide bonds. The molecule has 3 aromatic rings. The number of hydrogen-bond donors (Lipinski definition) is 2. The highest BCUT2D eigenvalue weighted by Crippen LogP contribution is 2.26. The minimum atomic E-state index is 0.324. The molecule has 2 aromatic heterocycles. The van der Waals surface area contributed by atoms with Gasteiger partial charge < -0.3 is 10.4 Å². The third kappa shape index (κ3) is 3.73. The number of piperidine rings is 1. The van der Waals surface area contributed by atoms with Gasteiger partial charge in [0.2, 0.25) is 0 Å². The van der Waals surface area contributed by atoms with Crippen molar-refractivity contribution >= 4 is 16.9 Å². The molecule has 1 aliphatic heterocycles. The van der Waals surface area contributed by atoms with Crippen LogP contribution < -0.4 is 5.32 Å². The standard InChI is InChI=1S/C20H26N6O/c1-13-18-19(21-14(2)22-20(18)25(3)24-13)23-16-7-5-9-26(12-16)11-15-6-4-8-17(27)10-15/h4,6,8,10,16,27H,5,7,9,11-12H2,1-3H3,(H,21,22,23). The molecule has 142 valence electrons. The van der Waals surface area contributed by atoms with Crippen LogP contribution in [0.4, 0.5) is 5.82 Å². The lowest BCUT2D eigenvalue weighted by atomic mass is 10.0. The minimum Gasteiger partial charge on any atom is -0.508 e. The van der Waals surface area contributed by atoms with Crippen molar-refractivity contribution in [3.8, 4) is 5.75 Å². The van der Waals surface area contributed by atoms with Crippen molar-refractivity contribution in [3.63, 3.8) is 0 Å². The van der Waals surface area contributed by atoms with Gasteiger partial charge >= 0.3 is 0 Å². The van der Waals surface area contributed by atoms with Crippen molar-refractivity contribution in [2.45, 2.75) is 39.3 Å². The number of rotatable bonds is 4. The van der Waals surface area contributed by atoms with E-state index in [1.165, 1.54) is 0 Å². The molecule has 0 bridgehead atoms. The summed E-state index contributed by atoms with van der Waals surface area (Å²) < 4.78 is 1.82. The Labute approximate surface area is 159 Å². The summed E-state index contributed by atoms with van der Waals surface area (Å²) in [4.78, 5) is 11.6. The third-order valence-electron chi connectivity index (χ3n) is 5.13. The molecule has 1 fully saturated rings. The summed E-state index contributed by atoms with van der Waals surface area (Å²) >= 11 is 0. The molecule has 0 radical (unpaired) electrons. The van der Waals surface area contributed by atoms with Crippen molar-refractivity contribution in [1.29, 1.82) is 0 Å². The van der Waals surface area contributed by atoms with Crippen molar-refractivity contribution in [1.82, 2.24) is 24.6 Å².